The molecule has 2 atom stereocenters. The zero-order valence-corrected chi connectivity index (χ0v) is 10.6. The summed E-state index contributed by atoms with van der Waals surface area (Å²) in [5.41, 5.74) is 1.23. The lowest BCUT2D eigenvalue weighted by Crippen LogP contribution is -2.42. The maximum absolute atomic E-state index is 11.0. The van der Waals surface area contributed by atoms with E-state index in [4.69, 9.17) is 9.47 Å². The summed E-state index contributed by atoms with van der Waals surface area (Å²) in [5.74, 6) is 0.295. The summed E-state index contributed by atoms with van der Waals surface area (Å²) in [6.45, 7) is 6.08. The van der Waals surface area contributed by atoms with Crippen molar-refractivity contribution in [3.05, 3.63) is 23.3 Å². The predicted octanol–water partition coefficient (Wildman–Crippen LogP) is 2.13. The molecule has 0 N–H and O–H groups in total. The number of methoxy groups -OCH3 is 2. The quantitative estimate of drug-likeness (QED) is 0.686. The summed E-state index contributed by atoms with van der Waals surface area (Å²) < 4.78 is 10.8. The number of rotatable bonds is 4. The maximum Gasteiger partial charge on any atom is 0.150 e. The number of carbonyl (C=O) groups is 1. The molecular formula is C13H20O3. The van der Waals surface area contributed by atoms with Crippen molar-refractivity contribution in [2.24, 2.45) is 5.92 Å². The van der Waals surface area contributed by atoms with Crippen LogP contribution in [0.4, 0.5) is 0 Å². The Bertz CT molecular complexity index is 328. The molecule has 1 aliphatic carbocycles. The van der Waals surface area contributed by atoms with Crippen LogP contribution in [0.1, 0.15) is 20.8 Å². The van der Waals surface area contributed by atoms with Crippen molar-refractivity contribution in [2.75, 3.05) is 14.2 Å². The van der Waals surface area contributed by atoms with Crippen molar-refractivity contribution in [3.8, 4) is 0 Å². The number of aldehydes is 1. The first-order valence-corrected chi connectivity index (χ1v) is 5.46. The molecule has 0 heterocycles. The van der Waals surface area contributed by atoms with Crippen molar-refractivity contribution in [1.29, 1.82) is 0 Å². The summed E-state index contributed by atoms with van der Waals surface area (Å²) in [6.07, 6.45) is 4.49. The van der Waals surface area contributed by atoms with Gasteiger partial charge >= 0.3 is 0 Å². The van der Waals surface area contributed by atoms with E-state index in [1.54, 1.807) is 14.2 Å². The third kappa shape index (κ3) is 2.25. The molecule has 16 heavy (non-hydrogen) atoms. The molecule has 0 radical (unpaired) electrons. The Morgan fingerprint density at radius 1 is 1.44 bits per heavy atom. The molecule has 90 valence electrons. The molecule has 3 heteroatoms. The van der Waals surface area contributed by atoms with Crippen molar-refractivity contribution in [3.63, 3.8) is 0 Å². The molecule has 0 saturated carbocycles. The second kappa shape index (κ2) is 4.93. The molecule has 2 unspecified atom stereocenters. The maximum atomic E-state index is 11.0. The van der Waals surface area contributed by atoms with Gasteiger partial charge in [-0.15, -0.1) is 0 Å². The Morgan fingerprint density at radius 3 is 2.44 bits per heavy atom. The first-order valence-electron chi connectivity index (χ1n) is 5.46. The van der Waals surface area contributed by atoms with Crippen LogP contribution in [0.25, 0.3) is 0 Å². The van der Waals surface area contributed by atoms with Gasteiger partial charge in [-0.3, -0.25) is 4.79 Å². The molecule has 0 bridgehead atoms. The minimum absolute atomic E-state index is 0.222. The van der Waals surface area contributed by atoms with Crippen LogP contribution in [0, 0.1) is 5.92 Å². The van der Waals surface area contributed by atoms with Gasteiger partial charge in [0, 0.05) is 19.8 Å². The molecule has 1 aliphatic rings. The minimum Gasteiger partial charge on any atom is -0.374 e. The molecule has 0 aromatic rings. The molecule has 0 aromatic carbocycles. The Morgan fingerprint density at radius 2 is 2.06 bits per heavy atom. The molecule has 0 amide bonds. The lowest BCUT2D eigenvalue weighted by molar-refractivity contribution is -0.105. The third-order valence-corrected chi connectivity index (χ3v) is 3.11. The van der Waals surface area contributed by atoms with Gasteiger partial charge in [0.05, 0.1) is 0 Å². The molecule has 3 nitrogen and oxygen atoms in total. The van der Waals surface area contributed by atoms with Crippen LogP contribution in [0.15, 0.2) is 23.3 Å². The summed E-state index contributed by atoms with van der Waals surface area (Å²) in [6, 6.07) is 0. The lowest BCUT2D eigenvalue weighted by Gasteiger charge is -2.36. The van der Waals surface area contributed by atoms with E-state index >= 15 is 0 Å². The first-order chi connectivity index (χ1) is 7.48. The molecule has 0 saturated heterocycles. The summed E-state index contributed by atoms with van der Waals surface area (Å²) >= 11 is 0. The zero-order chi connectivity index (χ0) is 12.3. The van der Waals surface area contributed by atoms with Gasteiger partial charge in [-0.25, -0.2) is 0 Å². The van der Waals surface area contributed by atoms with Crippen LogP contribution in [-0.4, -0.2) is 32.2 Å². The molecule has 0 aliphatic heterocycles. The minimum atomic E-state index is -0.499. The van der Waals surface area contributed by atoms with E-state index in [0.29, 0.717) is 11.5 Å². The van der Waals surface area contributed by atoms with Gasteiger partial charge in [-0.1, -0.05) is 13.8 Å². The van der Waals surface area contributed by atoms with Crippen molar-refractivity contribution in [2.45, 2.75) is 32.5 Å². The predicted molar refractivity (Wildman–Crippen MR) is 63.3 cm³/mol. The fourth-order valence-corrected chi connectivity index (χ4v) is 1.98. The van der Waals surface area contributed by atoms with Crippen LogP contribution in [0.2, 0.25) is 0 Å². The van der Waals surface area contributed by atoms with Crippen molar-refractivity contribution >= 4 is 6.29 Å². The Labute approximate surface area is 97.1 Å². The highest BCUT2D eigenvalue weighted by molar-refractivity contribution is 5.81. The smallest absolute Gasteiger partial charge is 0.150 e. The highest BCUT2D eigenvalue weighted by Gasteiger charge is 2.36. The topological polar surface area (TPSA) is 35.5 Å². The summed E-state index contributed by atoms with van der Waals surface area (Å²) in [4.78, 5) is 11.0. The Hall–Kier alpha value is -0.930. The fourth-order valence-electron chi connectivity index (χ4n) is 1.98. The van der Waals surface area contributed by atoms with Gasteiger partial charge in [-0.05, 0) is 30.6 Å². The van der Waals surface area contributed by atoms with E-state index in [0.717, 1.165) is 11.9 Å². The van der Waals surface area contributed by atoms with E-state index in [9.17, 15) is 4.79 Å². The van der Waals surface area contributed by atoms with Crippen LogP contribution in [0.5, 0.6) is 0 Å². The number of hydrogen-bond donors (Lipinski definition) is 0. The van der Waals surface area contributed by atoms with E-state index in [2.05, 4.69) is 13.8 Å². The highest BCUT2D eigenvalue weighted by atomic mass is 16.5. The molecule has 1 rings (SSSR count). The van der Waals surface area contributed by atoms with Crippen LogP contribution in [-0.2, 0) is 14.3 Å². The highest BCUT2D eigenvalue weighted by Crippen LogP contribution is 2.33. The largest absolute Gasteiger partial charge is 0.374 e. The van der Waals surface area contributed by atoms with E-state index < -0.39 is 5.60 Å². The molecule has 0 aromatic heterocycles. The van der Waals surface area contributed by atoms with Gasteiger partial charge < -0.3 is 9.47 Å². The SMILES string of the molecule is COC1C=C(C=O)C(C(C)C)=CC1(C)OC. The lowest BCUT2D eigenvalue weighted by atomic mass is 9.82. The number of carbonyl (C=O) groups excluding carboxylic acids is 1. The zero-order valence-electron chi connectivity index (χ0n) is 10.6. The third-order valence-electron chi connectivity index (χ3n) is 3.11. The normalized spacial score (nSPS) is 30.0. The van der Waals surface area contributed by atoms with Crippen LogP contribution < -0.4 is 0 Å². The first kappa shape index (κ1) is 13.1. The Balaban J connectivity index is 3.18. The number of hydrogen-bond acceptors (Lipinski definition) is 3. The van der Waals surface area contributed by atoms with Gasteiger partial charge in [0.15, 0.2) is 0 Å². The standard InChI is InChI=1S/C13H20O3/c1-9(2)11-7-13(3,16-5)12(15-4)6-10(11)8-14/h6-9,12H,1-5H3. The van der Waals surface area contributed by atoms with Gasteiger partial charge in [0.2, 0.25) is 0 Å². The second-order valence-corrected chi connectivity index (χ2v) is 4.54. The van der Waals surface area contributed by atoms with Crippen molar-refractivity contribution < 1.29 is 14.3 Å². The molecule has 0 spiro atoms. The Kier molecular flexibility index (Phi) is 4.05. The fraction of sp³-hybridized carbons (Fsp3) is 0.615. The second-order valence-electron chi connectivity index (χ2n) is 4.54. The number of allylic oxidation sites excluding steroid dienone is 2. The summed E-state index contributed by atoms with van der Waals surface area (Å²) in [7, 11) is 3.27. The average Bonchev–Trinajstić information content (AvgIpc) is 2.28. The van der Waals surface area contributed by atoms with Crippen LogP contribution in [0.3, 0.4) is 0 Å². The van der Waals surface area contributed by atoms with Gasteiger partial charge in [0.1, 0.15) is 18.0 Å². The molecule has 0 fully saturated rings. The van der Waals surface area contributed by atoms with Crippen LogP contribution >= 0.6 is 0 Å². The van der Waals surface area contributed by atoms with Gasteiger partial charge in [0.25, 0.3) is 0 Å². The van der Waals surface area contributed by atoms with Gasteiger partial charge in [-0.2, -0.15) is 0 Å². The monoisotopic (exact) mass is 224 g/mol. The number of ether oxygens (including phenoxy) is 2. The van der Waals surface area contributed by atoms with E-state index in [-0.39, 0.29) is 6.10 Å². The van der Waals surface area contributed by atoms with E-state index in [1.807, 2.05) is 19.1 Å². The van der Waals surface area contributed by atoms with Crippen molar-refractivity contribution in [1.82, 2.24) is 0 Å². The van der Waals surface area contributed by atoms with E-state index in [1.165, 1.54) is 0 Å². The average molecular weight is 224 g/mol. The summed E-state index contributed by atoms with van der Waals surface area (Å²) in [5, 5.41) is 0. The molecular weight excluding hydrogens is 204 g/mol.